The third kappa shape index (κ3) is 5.89. The number of carbonyl (C=O) groups excluding carboxylic acids is 3. The Morgan fingerprint density at radius 2 is 1.81 bits per heavy atom. The average Bonchev–Trinajstić information content (AvgIpc) is 3.51. The Kier molecular flexibility index (Phi) is 7.43. The number of rotatable bonds is 7. The van der Waals surface area contributed by atoms with Crippen molar-refractivity contribution >= 4 is 34.7 Å². The van der Waals surface area contributed by atoms with E-state index >= 15 is 0 Å². The van der Waals surface area contributed by atoms with Crippen LogP contribution in [-0.2, 0) is 9.53 Å². The minimum Gasteiger partial charge on any atom is -0.376 e. The Morgan fingerprint density at radius 1 is 1.06 bits per heavy atom. The summed E-state index contributed by atoms with van der Waals surface area (Å²) in [5, 5.41) is 13.9. The monoisotopic (exact) mass is 457 g/mol. The first-order chi connectivity index (χ1) is 15.6. The molecule has 2 aliphatic heterocycles. The van der Waals surface area contributed by atoms with E-state index in [2.05, 4.69) is 20.8 Å². The van der Waals surface area contributed by atoms with Crippen LogP contribution in [0.3, 0.4) is 0 Å². The summed E-state index contributed by atoms with van der Waals surface area (Å²) < 4.78 is 5.53. The molecule has 0 radical (unpaired) electrons. The van der Waals surface area contributed by atoms with E-state index in [4.69, 9.17) is 4.74 Å². The summed E-state index contributed by atoms with van der Waals surface area (Å²) in [7, 11) is 0. The van der Waals surface area contributed by atoms with Crippen LogP contribution in [0.2, 0.25) is 0 Å². The van der Waals surface area contributed by atoms with Gasteiger partial charge in [-0.25, -0.2) is 0 Å². The molecule has 10 heteroatoms. The van der Waals surface area contributed by atoms with Gasteiger partial charge in [-0.2, -0.15) is 0 Å². The summed E-state index contributed by atoms with van der Waals surface area (Å²) in [5.74, 6) is -0.309. The van der Waals surface area contributed by atoms with Crippen LogP contribution in [0.5, 0.6) is 0 Å². The second-order valence-corrected chi connectivity index (χ2v) is 9.09. The summed E-state index contributed by atoms with van der Waals surface area (Å²) in [6.45, 7) is 2.48. The van der Waals surface area contributed by atoms with Gasteiger partial charge in [-0.05, 0) is 43.7 Å². The van der Waals surface area contributed by atoms with Gasteiger partial charge in [0.15, 0.2) is 0 Å². The van der Waals surface area contributed by atoms with Crippen LogP contribution in [0.15, 0.2) is 30.3 Å². The molecular formula is C22H27N5O4S. The van der Waals surface area contributed by atoms with Crippen molar-refractivity contribution in [1.29, 1.82) is 0 Å². The number of ether oxygens (including phenoxy) is 1. The summed E-state index contributed by atoms with van der Waals surface area (Å²) in [5.41, 5.74) is 0.655. The van der Waals surface area contributed by atoms with Crippen LogP contribution in [0.1, 0.15) is 51.7 Å². The normalized spacial score (nSPS) is 19.0. The summed E-state index contributed by atoms with van der Waals surface area (Å²) in [6.07, 6.45) is 4.20. The van der Waals surface area contributed by atoms with E-state index in [-0.39, 0.29) is 39.8 Å². The number of aromatic nitrogens is 2. The SMILES string of the molecule is O=C(CC1CCN(C(=O)c2nnc(C(=O)Nc3ccccc3)s2)CC1)NC[C@@H]1CCCO1. The Balaban J connectivity index is 1.22. The number of hydrogen-bond acceptors (Lipinski definition) is 7. The molecule has 0 saturated carbocycles. The molecule has 0 unspecified atom stereocenters. The molecule has 2 aromatic rings. The zero-order valence-electron chi connectivity index (χ0n) is 17.8. The van der Waals surface area contributed by atoms with Gasteiger partial charge in [0.1, 0.15) is 0 Å². The molecule has 0 bridgehead atoms. The van der Waals surface area contributed by atoms with Crippen LogP contribution in [0.25, 0.3) is 0 Å². The lowest BCUT2D eigenvalue weighted by Gasteiger charge is -2.31. The number of amides is 3. The number of para-hydroxylation sites is 1. The highest BCUT2D eigenvalue weighted by atomic mass is 32.1. The fourth-order valence-corrected chi connectivity index (χ4v) is 4.66. The average molecular weight is 458 g/mol. The summed E-state index contributed by atoms with van der Waals surface area (Å²) in [4.78, 5) is 39.0. The Hall–Kier alpha value is -2.85. The molecule has 3 amide bonds. The Bertz CT molecular complexity index is 937. The molecule has 32 heavy (non-hydrogen) atoms. The molecule has 1 aromatic carbocycles. The largest absolute Gasteiger partial charge is 0.376 e. The third-order valence-corrected chi connectivity index (χ3v) is 6.67. The second kappa shape index (κ2) is 10.6. The van der Waals surface area contributed by atoms with Gasteiger partial charge in [-0.1, -0.05) is 29.5 Å². The van der Waals surface area contributed by atoms with E-state index in [1.54, 1.807) is 17.0 Å². The minimum absolute atomic E-state index is 0.0449. The Morgan fingerprint density at radius 3 is 2.53 bits per heavy atom. The van der Waals surface area contributed by atoms with Crippen molar-refractivity contribution in [3.63, 3.8) is 0 Å². The van der Waals surface area contributed by atoms with Crippen molar-refractivity contribution in [3.8, 4) is 0 Å². The third-order valence-electron chi connectivity index (χ3n) is 5.76. The van der Waals surface area contributed by atoms with E-state index in [1.165, 1.54) is 0 Å². The quantitative estimate of drug-likeness (QED) is 0.660. The van der Waals surface area contributed by atoms with Crippen molar-refractivity contribution < 1.29 is 19.1 Å². The predicted octanol–water partition coefficient (Wildman–Crippen LogP) is 2.33. The molecular weight excluding hydrogens is 430 g/mol. The van der Waals surface area contributed by atoms with Gasteiger partial charge in [0.2, 0.25) is 15.9 Å². The van der Waals surface area contributed by atoms with E-state index < -0.39 is 0 Å². The number of carbonyl (C=O) groups is 3. The molecule has 0 aliphatic carbocycles. The standard InChI is InChI=1S/C22H27N5O4S/c28-18(23-14-17-7-4-12-31-17)13-15-8-10-27(11-9-15)22(30)21-26-25-20(32-21)19(29)24-16-5-2-1-3-6-16/h1-3,5-6,15,17H,4,7-14H2,(H,23,28)(H,24,29)/t17-/m0/s1. The molecule has 0 spiro atoms. The Labute approximate surface area is 190 Å². The van der Waals surface area contributed by atoms with Gasteiger partial charge in [0.25, 0.3) is 11.8 Å². The molecule has 4 rings (SSSR count). The first kappa shape index (κ1) is 22.3. The van der Waals surface area contributed by atoms with Crippen LogP contribution in [0, 0.1) is 5.92 Å². The molecule has 2 saturated heterocycles. The lowest BCUT2D eigenvalue weighted by Crippen LogP contribution is -2.40. The van der Waals surface area contributed by atoms with Crippen LogP contribution in [0.4, 0.5) is 5.69 Å². The van der Waals surface area contributed by atoms with E-state index in [0.29, 0.717) is 31.7 Å². The predicted molar refractivity (Wildman–Crippen MR) is 120 cm³/mol. The van der Waals surface area contributed by atoms with Gasteiger partial charge in [0, 0.05) is 38.3 Å². The van der Waals surface area contributed by atoms with Crippen molar-refractivity contribution in [2.45, 2.75) is 38.2 Å². The molecule has 1 atom stereocenters. The second-order valence-electron chi connectivity index (χ2n) is 8.11. The van der Waals surface area contributed by atoms with Crippen molar-refractivity contribution in [2.24, 2.45) is 5.92 Å². The smallest absolute Gasteiger partial charge is 0.286 e. The first-order valence-corrected chi connectivity index (χ1v) is 11.8. The maximum absolute atomic E-state index is 12.8. The number of piperidine rings is 1. The molecule has 9 nitrogen and oxygen atoms in total. The van der Waals surface area contributed by atoms with Crippen LogP contribution >= 0.6 is 11.3 Å². The molecule has 2 N–H and O–H groups in total. The van der Waals surface area contributed by atoms with Crippen molar-refractivity contribution in [3.05, 3.63) is 40.3 Å². The highest BCUT2D eigenvalue weighted by Crippen LogP contribution is 2.23. The lowest BCUT2D eigenvalue weighted by molar-refractivity contribution is -0.122. The van der Waals surface area contributed by atoms with Gasteiger partial charge >= 0.3 is 0 Å². The van der Waals surface area contributed by atoms with E-state index in [1.807, 2.05) is 18.2 Å². The van der Waals surface area contributed by atoms with Gasteiger partial charge < -0.3 is 20.3 Å². The topological polar surface area (TPSA) is 114 Å². The number of anilines is 1. The van der Waals surface area contributed by atoms with Crippen molar-refractivity contribution in [2.75, 3.05) is 31.6 Å². The molecule has 2 aliphatic rings. The molecule has 1 aromatic heterocycles. The van der Waals surface area contributed by atoms with Crippen molar-refractivity contribution in [1.82, 2.24) is 20.4 Å². The van der Waals surface area contributed by atoms with Crippen LogP contribution < -0.4 is 10.6 Å². The molecule has 170 valence electrons. The first-order valence-electron chi connectivity index (χ1n) is 11.0. The highest BCUT2D eigenvalue weighted by Gasteiger charge is 2.28. The van der Waals surface area contributed by atoms with E-state index in [0.717, 1.165) is 43.6 Å². The minimum atomic E-state index is -0.388. The fourth-order valence-electron chi connectivity index (χ4n) is 3.95. The molecule has 3 heterocycles. The maximum Gasteiger partial charge on any atom is 0.286 e. The number of benzene rings is 1. The van der Waals surface area contributed by atoms with Gasteiger partial charge in [0.05, 0.1) is 6.10 Å². The summed E-state index contributed by atoms with van der Waals surface area (Å²) >= 11 is 0.991. The number of hydrogen-bond donors (Lipinski definition) is 2. The zero-order valence-corrected chi connectivity index (χ0v) is 18.6. The summed E-state index contributed by atoms with van der Waals surface area (Å²) in [6, 6.07) is 9.05. The zero-order chi connectivity index (χ0) is 22.3. The fraction of sp³-hybridized carbons (Fsp3) is 0.500. The lowest BCUT2D eigenvalue weighted by atomic mass is 9.93. The van der Waals surface area contributed by atoms with Crippen LogP contribution in [-0.4, -0.2) is 65.2 Å². The number of nitrogens with zero attached hydrogens (tertiary/aromatic N) is 3. The number of likely N-dealkylation sites (tertiary alicyclic amines) is 1. The van der Waals surface area contributed by atoms with E-state index in [9.17, 15) is 14.4 Å². The highest BCUT2D eigenvalue weighted by molar-refractivity contribution is 7.15. The van der Waals surface area contributed by atoms with Gasteiger partial charge in [-0.3, -0.25) is 14.4 Å². The molecule has 2 fully saturated rings. The number of nitrogens with one attached hydrogen (secondary N) is 2. The van der Waals surface area contributed by atoms with Gasteiger partial charge in [-0.15, -0.1) is 10.2 Å². The maximum atomic E-state index is 12.8.